The molecule has 4 nitrogen and oxygen atoms in total. The lowest BCUT2D eigenvalue weighted by Crippen LogP contribution is -2.07. The monoisotopic (exact) mass is 232 g/mol. The molecule has 0 saturated heterocycles. The van der Waals surface area contributed by atoms with Crippen LogP contribution in [0, 0.1) is 0 Å². The average molecular weight is 232 g/mol. The largest absolute Gasteiger partial charge is 0.489 e. The van der Waals surface area contributed by atoms with Crippen LogP contribution in [-0.4, -0.2) is 18.9 Å². The summed E-state index contributed by atoms with van der Waals surface area (Å²) in [7, 11) is 1.35. The number of rotatable bonds is 3. The third-order valence-electron chi connectivity index (χ3n) is 2.60. The predicted octanol–water partition coefficient (Wildman–Crippen LogP) is 1.77. The maximum absolute atomic E-state index is 11.6. The number of ketones is 1. The molecular weight excluding hydrogens is 220 g/mol. The van der Waals surface area contributed by atoms with Crippen molar-refractivity contribution < 1.29 is 19.1 Å². The first-order valence-electron chi connectivity index (χ1n) is 5.20. The molecule has 1 atom stereocenters. The molecule has 0 radical (unpaired) electrons. The lowest BCUT2D eigenvalue weighted by molar-refractivity contribution is -0.142. The number of cyclic esters (lactones) is 1. The molecule has 1 unspecified atom stereocenters. The Morgan fingerprint density at radius 1 is 1.29 bits per heavy atom. The van der Waals surface area contributed by atoms with Crippen molar-refractivity contribution in [3.8, 4) is 0 Å². The van der Waals surface area contributed by atoms with Crippen LogP contribution in [0.15, 0.2) is 41.7 Å². The van der Waals surface area contributed by atoms with Crippen molar-refractivity contribution in [3.63, 3.8) is 0 Å². The Hall–Kier alpha value is -2.10. The van der Waals surface area contributed by atoms with E-state index in [0.717, 1.165) is 5.56 Å². The minimum Gasteiger partial charge on any atom is -0.489 e. The lowest BCUT2D eigenvalue weighted by Gasteiger charge is -2.11. The molecule has 0 aliphatic carbocycles. The summed E-state index contributed by atoms with van der Waals surface area (Å²) in [4.78, 5) is 23.1. The zero-order chi connectivity index (χ0) is 12.4. The van der Waals surface area contributed by atoms with E-state index in [1.54, 1.807) is 12.1 Å². The maximum atomic E-state index is 11.6. The van der Waals surface area contributed by atoms with Crippen molar-refractivity contribution in [2.75, 3.05) is 7.11 Å². The molecule has 0 N–H and O–H groups in total. The van der Waals surface area contributed by atoms with Gasteiger partial charge in [0.05, 0.1) is 12.7 Å². The maximum Gasteiger partial charge on any atom is 0.375 e. The van der Waals surface area contributed by atoms with Gasteiger partial charge in [0.15, 0.2) is 11.9 Å². The van der Waals surface area contributed by atoms with E-state index < -0.39 is 12.1 Å². The van der Waals surface area contributed by atoms with Gasteiger partial charge in [0.1, 0.15) is 0 Å². The molecular formula is C13H12O4. The smallest absolute Gasteiger partial charge is 0.375 e. The quantitative estimate of drug-likeness (QED) is 0.745. The molecule has 4 heteroatoms. The zero-order valence-corrected chi connectivity index (χ0v) is 9.60. The fourth-order valence-corrected chi connectivity index (χ4v) is 1.85. The van der Waals surface area contributed by atoms with Gasteiger partial charge < -0.3 is 9.47 Å². The van der Waals surface area contributed by atoms with Crippen LogP contribution in [-0.2, 0) is 19.1 Å². The molecule has 1 aliphatic rings. The van der Waals surface area contributed by atoms with Gasteiger partial charge in [-0.2, -0.15) is 0 Å². The highest BCUT2D eigenvalue weighted by atomic mass is 16.6. The molecule has 0 saturated carbocycles. The van der Waals surface area contributed by atoms with Gasteiger partial charge in [0, 0.05) is 0 Å². The summed E-state index contributed by atoms with van der Waals surface area (Å²) >= 11 is 0. The second-order valence-electron chi connectivity index (χ2n) is 3.70. The van der Waals surface area contributed by atoms with Crippen molar-refractivity contribution in [3.05, 3.63) is 47.2 Å². The third-order valence-corrected chi connectivity index (χ3v) is 2.60. The topological polar surface area (TPSA) is 52.6 Å². The Labute approximate surface area is 98.8 Å². The molecule has 2 rings (SSSR count). The summed E-state index contributed by atoms with van der Waals surface area (Å²) in [5.41, 5.74) is 1.04. The van der Waals surface area contributed by atoms with Gasteiger partial charge in [0.25, 0.3) is 0 Å². The molecule has 0 aromatic heterocycles. The number of methoxy groups -OCH3 is 1. The first kappa shape index (κ1) is 11.4. The molecule has 17 heavy (non-hydrogen) atoms. The Balaban J connectivity index is 2.47. The predicted molar refractivity (Wildman–Crippen MR) is 60.0 cm³/mol. The number of benzene rings is 1. The third kappa shape index (κ3) is 1.93. The molecule has 0 bridgehead atoms. The Kier molecular flexibility index (Phi) is 2.95. The van der Waals surface area contributed by atoms with Gasteiger partial charge in [-0.25, -0.2) is 4.79 Å². The van der Waals surface area contributed by atoms with Crippen molar-refractivity contribution in [1.29, 1.82) is 0 Å². The van der Waals surface area contributed by atoms with Gasteiger partial charge in [-0.1, -0.05) is 30.3 Å². The van der Waals surface area contributed by atoms with Gasteiger partial charge >= 0.3 is 5.97 Å². The Morgan fingerprint density at radius 2 is 1.94 bits per heavy atom. The van der Waals surface area contributed by atoms with E-state index in [0.29, 0.717) is 0 Å². The van der Waals surface area contributed by atoms with E-state index in [2.05, 4.69) is 0 Å². The standard InChI is InChI=1S/C13H12O4/c1-8(14)10-11(9-6-4-3-5-7-9)17-13(15)12(10)16-2/h3-7,11H,1-2H3. The van der Waals surface area contributed by atoms with Crippen LogP contribution in [0.4, 0.5) is 0 Å². The summed E-state index contributed by atoms with van der Waals surface area (Å²) in [6.45, 7) is 1.40. The highest BCUT2D eigenvalue weighted by Gasteiger charge is 2.38. The summed E-state index contributed by atoms with van der Waals surface area (Å²) < 4.78 is 10.1. The number of ether oxygens (including phenoxy) is 2. The average Bonchev–Trinajstić information content (AvgIpc) is 2.67. The second kappa shape index (κ2) is 4.41. The van der Waals surface area contributed by atoms with Crippen molar-refractivity contribution >= 4 is 11.8 Å². The summed E-state index contributed by atoms with van der Waals surface area (Å²) in [5.74, 6) is -0.806. The highest BCUT2D eigenvalue weighted by molar-refractivity contribution is 6.05. The first-order chi connectivity index (χ1) is 8.15. The first-order valence-corrected chi connectivity index (χ1v) is 5.20. The minimum atomic E-state index is -0.656. The van der Waals surface area contributed by atoms with Gasteiger partial charge in [-0.3, -0.25) is 4.79 Å². The minimum absolute atomic E-state index is 0.00588. The van der Waals surface area contributed by atoms with E-state index in [1.165, 1.54) is 14.0 Å². The number of hydrogen-bond acceptors (Lipinski definition) is 4. The summed E-state index contributed by atoms with van der Waals surface area (Å²) in [6.07, 6.45) is -0.656. The van der Waals surface area contributed by atoms with Crippen LogP contribution in [0.3, 0.4) is 0 Å². The molecule has 1 aliphatic heterocycles. The molecule has 0 amide bonds. The molecule has 0 fully saturated rings. The van der Waals surface area contributed by atoms with E-state index in [4.69, 9.17) is 9.47 Å². The van der Waals surface area contributed by atoms with Gasteiger partial charge in [-0.15, -0.1) is 0 Å². The number of esters is 1. The van der Waals surface area contributed by atoms with Crippen LogP contribution in [0.5, 0.6) is 0 Å². The Morgan fingerprint density at radius 3 is 2.47 bits per heavy atom. The molecule has 0 spiro atoms. The van der Waals surface area contributed by atoms with Crippen LogP contribution in [0.25, 0.3) is 0 Å². The second-order valence-corrected chi connectivity index (χ2v) is 3.70. The molecule has 88 valence electrons. The normalized spacial score (nSPS) is 19.2. The summed E-state index contributed by atoms with van der Waals surface area (Å²) in [5, 5.41) is 0. The fourth-order valence-electron chi connectivity index (χ4n) is 1.85. The highest BCUT2D eigenvalue weighted by Crippen LogP contribution is 2.35. The number of hydrogen-bond donors (Lipinski definition) is 0. The zero-order valence-electron chi connectivity index (χ0n) is 9.60. The van der Waals surface area contributed by atoms with Crippen LogP contribution in [0.2, 0.25) is 0 Å². The van der Waals surface area contributed by atoms with E-state index in [-0.39, 0.29) is 17.1 Å². The number of carbonyl (C=O) groups excluding carboxylic acids is 2. The number of carbonyl (C=O) groups is 2. The van der Waals surface area contributed by atoms with E-state index in [9.17, 15) is 9.59 Å². The molecule has 1 heterocycles. The Bertz CT molecular complexity index is 487. The van der Waals surface area contributed by atoms with Crippen molar-refractivity contribution in [1.82, 2.24) is 0 Å². The number of Topliss-reactive ketones (excluding diaryl/α,β-unsaturated/α-hetero) is 1. The van der Waals surface area contributed by atoms with Crippen molar-refractivity contribution in [2.45, 2.75) is 13.0 Å². The van der Waals surface area contributed by atoms with Crippen LogP contribution in [0.1, 0.15) is 18.6 Å². The van der Waals surface area contributed by atoms with E-state index >= 15 is 0 Å². The van der Waals surface area contributed by atoms with Gasteiger partial charge in [-0.05, 0) is 12.5 Å². The summed E-state index contributed by atoms with van der Waals surface area (Å²) in [6, 6.07) is 9.12. The molecule has 1 aromatic rings. The molecule has 1 aromatic carbocycles. The van der Waals surface area contributed by atoms with Crippen LogP contribution >= 0.6 is 0 Å². The SMILES string of the molecule is COC1=C(C(C)=O)C(c2ccccc2)OC1=O. The van der Waals surface area contributed by atoms with Crippen LogP contribution < -0.4 is 0 Å². The fraction of sp³-hybridized carbons (Fsp3) is 0.231. The van der Waals surface area contributed by atoms with Crippen molar-refractivity contribution in [2.24, 2.45) is 0 Å². The van der Waals surface area contributed by atoms with E-state index in [1.807, 2.05) is 18.2 Å². The van der Waals surface area contributed by atoms with Gasteiger partial charge in [0.2, 0.25) is 5.76 Å². The lowest BCUT2D eigenvalue weighted by atomic mass is 9.99.